The third-order valence-electron chi connectivity index (χ3n) is 2.96. The molecule has 0 radical (unpaired) electrons. The average Bonchev–Trinajstić information content (AvgIpc) is 2.31. The normalized spacial score (nSPS) is 10.5. The Bertz CT molecular complexity index is 614. The van der Waals surface area contributed by atoms with Crippen LogP contribution in [0.15, 0.2) is 36.4 Å². The molecular weight excluding hydrogens is 258 g/mol. The number of hydrogen-bond donors (Lipinski definition) is 1. The molecule has 0 amide bonds. The summed E-state index contributed by atoms with van der Waals surface area (Å²) in [4.78, 5) is 12.2. The van der Waals surface area contributed by atoms with E-state index in [1.807, 2.05) is 26.0 Å². The maximum Gasteiger partial charge on any atom is 0.167 e. The number of aryl methyl sites for hydroxylation is 2. The van der Waals surface area contributed by atoms with Crippen molar-refractivity contribution < 1.29 is 4.79 Å². The number of hydrogen-bond acceptors (Lipinski definition) is 2. The van der Waals surface area contributed by atoms with Crippen LogP contribution in [0.5, 0.6) is 0 Å². The molecule has 0 saturated carbocycles. The van der Waals surface area contributed by atoms with Gasteiger partial charge in [-0.05, 0) is 37.6 Å². The summed E-state index contributed by atoms with van der Waals surface area (Å²) in [6, 6.07) is 11.2. The zero-order valence-corrected chi connectivity index (χ0v) is 11.8. The minimum atomic E-state index is 0.0494. The smallest absolute Gasteiger partial charge is 0.167 e. The van der Waals surface area contributed by atoms with Gasteiger partial charge in [0, 0.05) is 12.0 Å². The first-order chi connectivity index (χ1) is 8.95. The van der Waals surface area contributed by atoms with Gasteiger partial charge in [-0.3, -0.25) is 4.79 Å². The van der Waals surface area contributed by atoms with Crippen LogP contribution in [0.3, 0.4) is 0 Å². The molecule has 0 unspecified atom stereocenters. The van der Waals surface area contributed by atoms with Crippen molar-refractivity contribution in [3.05, 3.63) is 63.7 Å². The van der Waals surface area contributed by atoms with Crippen LogP contribution in [0.4, 0.5) is 5.69 Å². The summed E-state index contributed by atoms with van der Waals surface area (Å²) in [6.45, 7) is 4.06. The number of nitrogens with two attached hydrogens (primary N) is 1. The molecule has 98 valence electrons. The quantitative estimate of drug-likeness (QED) is 0.679. The standard InChI is InChI=1S/C16H16ClNO/c1-10-5-11(2)7-12(6-10)8-16(19)13-3-4-14(17)15(18)9-13/h3-7,9H,8,18H2,1-2H3. The molecule has 0 bridgehead atoms. The van der Waals surface area contributed by atoms with Crippen LogP contribution in [-0.2, 0) is 6.42 Å². The van der Waals surface area contributed by atoms with Crippen molar-refractivity contribution in [1.29, 1.82) is 0 Å². The van der Waals surface area contributed by atoms with Crippen molar-refractivity contribution in [3.63, 3.8) is 0 Å². The highest BCUT2D eigenvalue weighted by atomic mass is 35.5. The van der Waals surface area contributed by atoms with Gasteiger partial charge in [-0.2, -0.15) is 0 Å². The topological polar surface area (TPSA) is 43.1 Å². The molecular formula is C16H16ClNO. The van der Waals surface area contributed by atoms with Crippen LogP contribution in [0.2, 0.25) is 5.02 Å². The Labute approximate surface area is 118 Å². The fourth-order valence-corrected chi connectivity index (χ4v) is 2.29. The summed E-state index contributed by atoms with van der Waals surface area (Å²) in [6.07, 6.45) is 0.379. The molecule has 2 aromatic rings. The van der Waals surface area contributed by atoms with Crippen molar-refractivity contribution in [2.75, 3.05) is 5.73 Å². The van der Waals surface area contributed by atoms with Gasteiger partial charge in [0.1, 0.15) is 0 Å². The maximum absolute atomic E-state index is 12.2. The highest BCUT2D eigenvalue weighted by molar-refractivity contribution is 6.33. The molecule has 0 saturated heterocycles. The number of benzene rings is 2. The SMILES string of the molecule is Cc1cc(C)cc(CC(=O)c2ccc(Cl)c(N)c2)c1. The van der Waals surface area contributed by atoms with Gasteiger partial charge in [0.05, 0.1) is 10.7 Å². The Balaban J connectivity index is 2.22. The Morgan fingerprint density at radius 2 is 1.74 bits per heavy atom. The molecule has 0 aliphatic heterocycles. The summed E-state index contributed by atoms with van der Waals surface area (Å²) in [5, 5.41) is 0.475. The van der Waals surface area contributed by atoms with Gasteiger partial charge in [-0.1, -0.05) is 40.9 Å². The molecule has 0 aliphatic carbocycles. The Morgan fingerprint density at radius 1 is 1.11 bits per heavy atom. The number of nitrogen functional groups attached to an aromatic ring is 1. The lowest BCUT2D eigenvalue weighted by Crippen LogP contribution is -2.05. The van der Waals surface area contributed by atoms with E-state index in [-0.39, 0.29) is 5.78 Å². The molecule has 0 heterocycles. The number of ketones is 1. The minimum Gasteiger partial charge on any atom is -0.398 e. The Morgan fingerprint density at radius 3 is 2.32 bits per heavy atom. The predicted molar refractivity (Wildman–Crippen MR) is 79.8 cm³/mol. The van der Waals surface area contributed by atoms with E-state index >= 15 is 0 Å². The predicted octanol–water partition coefficient (Wildman–Crippen LogP) is 3.96. The van der Waals surface area contributed by atoms with Crippen molar-refractivity contribution in [1.82, 2.24) is 0 Å². The summed E-state index contributed by atoms with van der Waals surface area (Å²) >= 11 is 5.85. The van der Waals surface area contributed by atoms with Crippen molar-refractivity contribution >= 4 is 23.1 Å². The number of carbonyl (C=O) groups excluding carboxylic acids is 1. The van der Waals surface area contributed by atoms with Gasteiger partial charge < -0.3 is 5.73 Å². The second-order valence-corrected chi connectivity index (χ2v) is 5.24. The summed E-state index contributed by atoms with van der Waals surface area (Å²) in [7, 11) is 0. The fraction of sp³-hybridized carbons (Fsp3) is 0.188. The van der Waals surface area contributed by atoms with Crippen LogP contribution in [-0.4, -0.2) is 5.78 Å². The first-order valence-corrected chi connectivity index (χ1v) is 6.49. The Kier molecular flexibility index (Phi) is 3.91. The number of Topliss-reactive ketones (excluding diaryl/α,β-unsaturated/α-hetero) is 1. The van der Waals surface area contributed by atoms with Gasteiger partial charge in [0.15, 0.2) is 5.78 Å². The fourth-order valence-electron chi connectivity index (χ4n) is 2.18. The van der Waals surface area contributed by atoms with Crippen LogP contribution < -0.4 is 5.73 Å². The monoisotopic (exact) mass is 273 g/mol. The van der Waals surface area contributed by atoms with Gasteiger partial charge in [-0.15, -0.1) is 0 Å². The molecule has 0 spiro atoms. The second kappa shape index (κ2) is 5.45. The van der Waals surface area contributed by atoms with Crippen LogP contribution in [0, 0.1) is 13.8 Å². The Hall–Kier alpha value is -1.80. The van der Waals surface area contributed by atoms with E-state index in [1.165, 1.54) is 11.1 Å². The molecule has 2 aromatic carbocycles. The van der Waals surface area contributed by atoms with E-state index in [0.717, 1.165) is 5.56 Å². The number of carbonyl (C=O) groups is 1. The van der Waals surface area contributed by atoms with E-state index in [9.17, 15) is 4.79 Å². The zero-order valence-electron chi connectivity index (χ0n) is 11.0. The van der Waals surface area contributed by atoms with Crippen LogP contribution >= 0.6 is 11.6 Å². The summed E-state index contributed by atoms with van der Waals surface area (Å²) in [5.74, 6) is 0.0494. The third kappa shape index (κ3) is 3.36. The van der Waals surface area contributed by atoms with E-state index in [0.29, 0.717) is 22.7 Å². The van der Waals surface area contributed by atoms with E-state index in [2.05, 4.69) is 6.07 Å². The first kappa shape index (κ1) is 13.6. The van der Waals surface area contributed by atoms with E-state index < -0.39 is 0 Å². The first-order valence-electron chi connectivity index (χ1n) is 6.11. The number of rotatable bonds is 3. The molecule has 0 aromatic heterocycles. The minimum absolute atomic E-state index is 0.0494. The lowest BCUT2D eigenvalue weighted by atomic mass is 9.99. The average molecular weight is 274 g/mol. The van der Waals surface area contributed by atoms with Gasteiger partial charge in [-0.25, -0.2) is 0 Å². The molecule has 3 heteroatoms. The highest BCUT2D eigenvalue weighted by Gasteiger charge is 2.09. The summed E-state index contributed by atoms with van der Waals surface area (Å²) < 4.78 is 0. The lowest BCUT2D eigenvalue weighted by molar-refractivity contribution is 0.0993. The second-order valence-electron chi connectivity index (χ2n) is 4.83. The molecule has 2 rings (SSSR count). The molecule has 19 heavy (non-hydrogen) atoms. The van der Waals surface area contributed by atoms with E-state index in [4.69, 9.17) is 17.3 Å². The zero-order chi connectivity index (χ0) is 14.0. The van der Waals surface area contributed by atoms with Crippen molar-refractivity contribution in [2.24, 2.45) is 0 Å². The van der Waals surface area contributed by atoms with Gasteiger partial charge in [0.2, 0.25) is 0 Å². The number of anilines is 1. The largest absolute Gasteiger partial charge is 0.398 e. The van der Waals surface area contributed by atoms with Crippen molar-refractivity contribution in [2.45, 2.75) is 20.3 Å². The van der Waals surface area contributed by atoms with Gasteiger partial charge in [0.25, 0.3) is 0 Å². The molecule has 2 N–H and O–H groups in total. The van der Waals surface area contributed by atoms with Crippen LogP contribution in [0.25, 0.3) is 0 Å². The van der Waals surface area contributed by atoms with E-state index in [1.54, 1.807) is 18.2 Å². The lowest BCUT2D eigenvalue weighted by Gasteiger charge is -2.06. The third-order valence-corrected chi connectivity index (χ3v) is 3.31. The summed E-state index contributed by atoms with van der Waals surface area (Å²) in [5.41, 5.74) is 10.1. The highest BCUT2D eigenvalue weighted by Crippen LogP contribution is 2.21. The maximum atomic E-state index is 12.2. The number of halogens is 1. The molecule has 0 aliphatic rings. The van der Waals surface area contributed by atoms with Crippen LogP contribution in [0.1, 0.15) is 27.0 Å². The van der Waals surface area contributed by atoms with Gasteiger partial charge >= 0.3 is 0 Å². The molecule has 2 nitrogen and oxygen atoms in total. The molecule has 0 atom stereocenters. The molecule has 0 fully saturated rings. The van der Waals surface area contributed by atoms with Crippen molar-refractivity contribution in [3.8, 4) is 0 Å².